The largest absolute Gasteiger partial charge is 0.338 e. The quantitative estimate of drug-likeness (QED) is 0.349. The molecule has 0 aliphatic heterocycles. The van der Waals surface area contributed by atoms with Crippen LogP contribution in [-0.4, -0.2) is 24.5 Å². The normalized spacial score (nSPS) is 11.4. The third kappa shape index (κ3) is 5.73. The second-order valence-electron chi connectivity index (χ2n) is 5.39. The molecule has 126 valence electrons. The molecule has 2 aromatic rings. The van der Waals surface area contributed by atoms with Crippen LogP contribution in [0.5, 0.6) is 0 Å². The Labute approximate surface area is 141 Å². The molecule has 0 heterocycles. The number of amides is 3. The van der Waals surface area contributed by atoms with E-state index in [4.69, 9.17) is 5.84 Å². The van der Waals surface area contributed by atoms with E-state index in [2.05, 4.69) is 16.1 Å². The van der Waals surface area contributed by atoms with Crippen molar-refractivity contribution in [2.75, 3.05) is 6.54 Å². The molecule has 5 N–H and O–H groups in total. The van der Waals surface area contributed by atoms with Crippen LogP contribution in [0.1, 0.15) is 11.1 Å². The molecule has 0 aliphatic rings. The highest BCUT2D eigenvalue weighted by Crippen LogP contribution is 2.03. The smallest absolute Gasteiger partial charge is 0.315 e. The van der Waals surface area contributed by atoms with Crippen molar-refractivity contribution in [1.82, 2.24) is 16.1 Å². The summed E-state index contributed by atoms with van der Waals surface area (Å²) in [7, 11) is 0. The number of hydrogen-bond acceptors (Lipinski definition) is 3. The molecular formula is C18H22N4O2. The van der Waals surface area contributed by atoms with Crippen LogP contribution in [0, 0.1) is 0 Å². The maximum absolute atomic E-state index is 12.0. The van der Waals surface area contributed by atoms with Gasteiger partial charge in [-0.25, -0.2) is 10.6 Å². The summed E-state index contributed by atoms with van der Waals surface area (Å²) in [6, 6.07) is 18.2. The number of carbonyl (C=O) groups is 2. The highest BCUT2D eigenvalue weighted by molar-refractivity contribution is 5.86. The van der Waals surface area contributed by atoms with Gasteiger partial charge in [0.25, 0.3) is 5.91 Å². The Kier molecular flexibility index (Phi) is 6.79. The highest BCUT2D eigenvalue weighted by Gasteiger charge is 2.20. The molecule has 6 nitrogen and oxygen atoms in total. The van der Waals surface area contributed by atoms with Gasteiger partial charge in [-0.15, -0.1) is 0 Å². The molecule has 0 aliphatic carbocycles. The van der Waals surface area contributed by atoms with Gasteiger partial charge in [0.1, 0.15) is 6.04 Å². The van der Waals surface area contributed by atoms with Gasteiger partial charge < -0.3 is 10.6 Å². The first-order chi connectivity index (χ1) is 11.7. The van der Waals surface area contributed by atoms with Crippen LogP contribution < -0.4 is 21.9 Å². The van der Waals surface area contributed by atoms with Crippen LogP contribution >= 0.6 is 0 Å². The van der Waals surface area contributed by atoms with Crippen LogP contribution in [-0.2, 0) is 17.6 Å². The first-order valence-corrected chi connectivity index (χ1v) is 7.81. The number of hydrazine groups is 1. The van der Waals surface area contributed by atoms with E-state index in [0.717, 1.165) is 17.5 Å². The molecule has 3 amide bonds. The summed E-state index contributed by atoms with van der Waals surface area (Å²) in [5.41, 5.74) is 4.17. The Morgan fingerprint density at radius 1 is 0.917 bits per heavy atom. The van der Waals surface area contributed by atoms with Crippen LogP contribution in [0.25, 0.3) is 0 Å². The van der Waals surface area contributed by atoms with Gasteiger partial charge in [-0.3, -0.25) is 10.2 Å². The van der Waals surface area contributed by atoms with E-state index in [1.807, 2.05) is 60.7 Å². The number of rotatable bonds is 7. The van der Waals surface area contributed by atoms with Crippen LogP contribution in [0.2, 0.25) is 0 Å². The lowest BCUT2D eigenvalue weighted by Gasteiger charge is -2.17. The van der Waals surface area contributed by atoms with Crippen molar-refractivity contribution in [3.05, 3.63) is 71.8 Å². The number of hydrogen-bond donors (Lipinski definition) is 4. The fraction of sp³-hybridized carbons (Fsp3) is 0.222. The maximum Gasteiger partial charge on any atom is 0.315 e. The first-order valence-electron chi connectivity index (χ1n) is 7.81. The molecule has 1 unspecified atom stereocenters. The number of nitrogens with two attached hydrogens (primary N) is 1. The van der Waals surface area contributed by atoms with Gasteiger partial charge in [0.15, 0.2) is 0 Å². The molecule has 0 radical (unpaired) electrons. The fourth-order valence-electron chi connectivity index (χ4n) is 2.33. The minimum absolute atomic E-state index is 0.371. The predicted molar refractivity (Wildman–Crippen MR) is 92.9 cm³/mol. The molecule has 0 saturated carbocycles. The summed E-state index contributed by atoms with van der Waals surface area (Å²) in [5.74, 6) is 4.77. The molecule has 0 fully saturated rings. The van der Waals surface area contributed by atoms with Gasteiger partial charge in [0.05, 0.1) is 0 Å². The van der Waals surface area contributed by atoms with E-state index < -0.39 is 18.0 Å². The Bertz CT molecular complexity index is 647. The standard InChI is InChI=1S/C18H22N4O2/c19-22-17(23)16(13-15-9-5-2-6-10-15)21-18(24)20-12-11-14-7-3-1-4-8-14/h1-10,16H,11-13,19H2,(H,22,23)(H2,20,21,24). The SMILES string of the molecule is NNC(=O)C(Cc1ccccc1)NC(=O)NCCc1ccccc1. The Hall–Kier alpha value is -2.86. The lowest BCUT2D eigenvalue weighted by molar-refractivity contribution is -0.122. The summed E-state index contributed by atoms with van der Waals surface area (Å²) in [6.07, 6.45) is 1.09. The van der Waals surface area contributed by atoms with Crippen molar-refractivity contribution in [3.63, 3.8) is 0 Å². The van der Waals surface area contributed by atoms with Crippen LogP contribution in [0.3, 0.4) is 0 Å². The van der Waals surface area contributed by atoms with E-state index >= 15 is 0 Å². The monoisotopic (exact) mass is 326 g/mol. The molecule has 2 aromatic carbocycles. The summed E-state index contributed by atoms with van der Waals surface area (Å²) in [4.78, 5) is 23.9. The second kappa shape index (κ2) is 9.32. The van der Waals surface area contributed by atoms with Gasteiger partial charge in [-0.05, 0) is 17.5 Å². The molecule has 2 rings (SSSR count). The summed E-state index contributed by atoms with van der Waals surface area (Å²) in [5, 5.41) is 5.42. The Morgan fingerprint density at radius 3 is 2.08 bits per heavy atom. The van der Waals surface area contributed by atoms with Crippen molar-refractivity contribution >= 4 is 11.9 Å². The van der Waals surface area contributed by atoms with Gasteiger partial charge >= 0.3 is 6.03 Å². The van der Waals surface area contributed by atoms with Gasteiger partial charge in [-0.2, -0.15) is 0 Å². The molecule has 0 bridgehead atoms. The molecule has 6 heteroatoms. The van der Waals surface area contributed by atoms with E-state index in [0.29, 0.717) is 13.0 Å². The minimum atomic E-state index is -0.728. The number of urea groups is 1. The van der Waals surface area contributed by atoms with Crippen LogP contribution in [0.4, 0.5) is 4.79 Å². The lowest BCUT2D eigenvalue weighted by atomic mass is 10.1. The molecule has 0 spiro atoms. The molecule has 24 heavy (non-hydrogen) atoms. The van der Waals surface area contributed by atoms with E-state index in [1.54, 1.807) is 0 Å². The summed E-state index contributed by atoms with van der Waals surface area (Å²) < 4.78 is 0. The van der Waals surface area contributed by atoms with Gasteiger partial charge in [0, 0.05) is 13.0 Å². The number of carbonyl (C=O) groups excluding carboxylic acids is 2. The Balaban J connectivity index is 1.84. The second-order valence-corrected chi connectivity index (χ2v) is 5.39. The lowest BCUT2D eigenvalue weighted by Crippen LogP contribution is -2.52. The number of nitrogens with one attached hydrogen (secondary N) is 3. The fourth-order valence-corrected chi connectivity index (χ4v) is 2.33. The predicted octanol–water partition coefficient (Wildman–Crippen LogP) is 1.13. The van der Waals surface area contributed by atoms with E-state index in [-0.39, 0.29) is 0 Å². The molecule has 1 atom stereocenters. The zero-order chi connectivity index (χ0) is 17.2. The van der Waals surface area contributed by atoms with E-state index in [9.17, 15) is 9.59 Å². The van der Waals surface area contributed by atoms with Crippen molar-refractivity contribution in [3.8, 4) is 0 Å². The third-order valence-electron chi connectivity index (χ3n) is 3.59. The highest BCUT2D eigenvalue weighted by atomic mass is 16.2. The zero-order valence-electron chi connectivity index (χ0n) is 13.4. The van der Waals surface area contributed by atoms with Crippen molar-refractivity contribution in [1.29, 1.82) is 0 Å². The minimum Gasteiger partial charge on any atom is -0.338 e. The molecule has 0 aromatic heterocycles. The summed E-state index contributed by atoms with van der Waals surface area (Å²) >= 11 is 0. The first kappa shape index (κ1) is 17.5. The average Bonchev–Trinajstić information content (AvgIpc) is 2.62. The number of benzene rings is 2. The summed E-state index contributed by atoms with van der Waals surface area (Å²) in [6.45, 7) is 0.484. The van der Waals surface area contributed by atoms with Crippen LogP contribution in [0.15, 0.2) is 60.7 Å². The molecule has 0 saturated heterocycles. The maximum atomic E-state index is 12.0. The van der Waals surface area contributed by atoms with Gasteiger partial charge in [-0.1, -0.05) is 60.7 Å². The topological polar surface area (TPSA) is 96.2 Å². The van der Waals surface area contributed by atoms with Crippen molar-refractivity contribution in [2.24, 2.45) is 5.84 Å². The van der Waals surface area contributed by atoms with Crippen molar-refractivity contribution in [2.45, 2.75) is 18.9 Å². The van der Waals surface area contributed by atoms with E-state index in [1.165, 1.54) is 0 Å². The average molecular weight is 326 g/mol. The van der Waals surface area contributed by atoms with Crippen molar-refractivity contribution < 1.29 is 9.59 Å². The molecular weight excluding hydrogens is 304 g/mol. The van der Waals surface area contributed by atoms with Gasteiger partial charge in [0.2, 0.25) is 0 Å². The zero-order valence-corrected chi connectivity index (χ0v) is 13.4. The third-order valence-corrected chi connectivity index (χ3v) is 3.59. The Morgan fingerprint density at radius 2 is 1.50 bits per heavy atom.